The first-order chi connectivity index (χ1) is 22.8. The zero-order valence-electron chi connectivity index (χ0n) is 27.4. The lowest BCUT2D eigenvalue weighted by Crippen LogP contribution is -2.18. The van der Waals surface area contributed by atoms with Gasteiger partial charge in [0, 0.05) is 27.6 Å². The molecule has 47 heavy (non-hydrogen) atoms. The summed E-state index contributed by atoms with van der Waals surface area (Å²) in [6.45, 7) is 9.47. The highest BCUT2D eigenvalue weighted by molar-refractivity contribution is 5.99. The van der Waals surface area contributed by atoms with Crippen LogP contribution in [0.3, 0.4) is 0 Å². The normalized spacial score (nSPS) is 14.7. The Morgan fingerprint density at radius 2 is 0.957 bits per heavy atom. The number of nitrogens with zero attached hydrogens (tertiary/aromatic N) is 1. The summed E-state index contributed by atoms with van der Waals surface area (Å²) in [5.41, 5.74) is 16.7. The minimum Gasteiger partial charge on any atom is -0.309 e. The molecule has 0 aromatic heterocycles. The van der Waals surface area contributed by atoms with Crippen molar-refractivity contribution in [3.05, 3.63) is 174 Å². The molecule has 0 amide bonds. The van der Waals surface area contributed by atoms with Crippen molar-refractivity contribution in [3.8, 4) is 33.4 Å². The summed E-state index contributed by atoms with van der Waals surface area (Å²) in [6, 6.07) is 56.3. The quantitative estimate of drug-likeness (QED) is 0.193. The highest BCUT2D eigenvalue weighted by atomic mass is 15.1. The van der Waals surface area contributed by atoms with Crippen molar-refractivity contribution in [2.75, 3.05) is 4.90 Å². The average Bonchev–Trinajstić information content (AvgIpc) is 3.48. The van der Waals surface area contributed by atoms with E-state index >= 15 is 0 Å². The number of hydrogen-bond acceptors (Lipinski definition) is 1. The standard InChI is InChI=1S/C46H37N/c1-45(2)39-20-11-8-18-37(39)44-40(45)21-13-23-43(44)47(33-26-27-36-35-17-7-10-19-38(35)46(3,4)41(36)29-33)42-22-12-9-16-34(42)32-25-24-30-14-5-6-15-31(30)28-32/h5-29H,1-4H3. The summed E-state index contributed by atoms with van der Waals surface area (Å²) >= 11 is 0. The van der Waals surface area contributed by atoms with Crippen molar-refractivity contribution in [2.45, 2.75) is 38.5 Å². The molecule has 0 heterocycles. The maximum Gasteiger partial charge on any atom is 0.0543 e. The Labute approximate surface area is 277 Å². The smallest absolute Gasteiger partial charge is 0.0543 e. The predicted octanol–water partition coefficient (Wildman–Crippen LogP) is 12.6. The van der Waals surface area contributed by atoms with Gasteiger partial charge in [0.25, 0.3) is 0 Å². The van der Waals surface area contributed by atoms with Crippen LogP contribution in [0.15, 0.2) is 152 Å². The van der Waals surface area contributed by atoms with E-state index in [1.54, 1.807) is 0 Å². The monoisotopic (exact) mass is 603 g/mol. The van der Waals surface area contributed by atoms with Gasteiger partial charge in [0.05, 0.1) is 11.4 Å². The summed E-state index contributed by atoms with van der Waals surface area (Å²) in [4.78, 5) is 2.53. The summed E-state index contributed by atoms with van der Waals surface area (Å²) in [5, 5.41) is 2.51. The van der Waals surface area contributed by atoms with E-state index in [-0.39, 0.29) is 10.8 Å². The van der Waals surface area contributed by atoms with Gasteiger partial charge in [-0.1, -0.05) is 149 Å². The van der Waals surface area contributed by atoms with Gasteiger partial charge < -0.3 is 4.90 Å². The van der Waals surface area contributed by atoms with E-state index in [0.29, 0.717) is 0 Å². The molecule has 0 saturated heterocycles. The van der Waals surface area contributed by atoms with Crippen LogP contribution in [0.2, 0.25) is 0 Å². The second-order valence-electron chi connectivity index (χ2n) is 14.2. The zero-order chi connectivity index (χ0) is 31.9. The molecule has 226 valence electrons. The number of hydrogen-bond donors (Lipinski definition) is 0. The molecular weight excluding hydrogens is 567 g/mol. The lowest BCUT2D eigenvalue weighted by atomic mass is 9.82. The molecule has 0 N–H and O–H groups in total. The highest BCUT2D eigenvalue weighted by Gasteiger charge is 2.39. The second-order valence-corrected chi connectivity index (χ2v) is 14.2. The van der Waals surface area contributed by atoms with E-state index < -0.39 is 0 Å². The highest BCUT2D eigenvalue weighted by Crippen LogP contribution is 2.56. The molecule has 7 aromatic rings. The summed E-state index contributed by atoms with van der Waals surface area (Å²) in [5.74, 6) is 0. The Hall–Kier alpha value is -5.40. The number of rotatable bonds is 4. The number of para-hydroxylation sites is 1. The van der Waals surface area contributed by atoms with Crippen molar-refractivity contribution >= 4 is 27.8 Å². The van der Waals surface area contributed by atoms with Gasteiger partial charge in [-0.3, -0.25) is 0 Å². The predicted molar refractivity (Wildman–Crippen MR) is 199 cm³/mol. The Balaban J connectivity index is 1.33. The van der Waals surface area contributed by atoms with Crippen LogP contribution < -0.4 is 4.90 Å². The molecule has 0 aliphatic heterocycles. The zero-order valence-corrected chi connectivity index (χ0v) is 27.4. The van der Waals surface area contributed by atoms with Crippen molar-refractivity contribution in [3.63, 3.8) is 0 Å². The van der Waals surface area contributed by atoms with E-state index in [9.17, 15) is 0 Å². The molecular formula is C46H37N. The van der Waals surface area contributed by atoms with Gasteiger partial charge in [0.1, 0.15) is 0 Å². The van der Waals surface area contributed by atoms with Crippen LogP contribution in [-0.2, 0) is 10.8 Å². The first-order valence-electron chi connectivity index (χ1n) is 16.7. The Morgan fingerprint density at radius 3 is 1.77 bits per heavy atom. The van der Waals surface area contributed by atoms with Crippen LogP contribution in [0.4, 0.5) is 17.1 Å². The molecule has 0 bridgehead atoms. The van der Waals surface area contributed by atoms with E-state index in [2.05, 4.69) is 184 Å². The molecule has 0 radical (unpaired) electrons. The molecule has 0 unspecified atom stereocenters. The molecule has 9 rings (SSSR count). The Bertz CT molecular complexity index is 2370. The topological polar surface area (TPSA) is 3.24 Å². The first-order valence-corrected chi connectivity index (χ1v) is 16.7. The van der Waals surface area contributed by atoms with E-state index in [0.717, 1.165) is 0 Å². The maximum absolute atomic E-state index is 2.53. The van der Waals surface area contributed by atoms with Crippen molar-refractivity contribution in [1.29, 1.82) is 0 Å². The molecule has 2 aliphatic rings. The number of anilines is 3. The lowest BCUT2D eigenvalue weighted by molar-refractivity contribution is 0.660. The van der Waals surface area contributed by atoms with Crippen LogP contribution in [0.1, 0.15) is 49.9 Å². The fraction of sp³-hybridized carbons (Fsp3) is 0.130. The van der Waals surface area contributed by atoms with Crippen molar-refractivity contribution in [2.24, 2.45) is 0 Å². The van der Waals surface area contributed by atoms with Crippen LogP contribution in [0.25, 0.3) is 44.2 Å². The SMILES string of the molecule is CC1(C)c2ccccc2-c2ccc(N(c3ccccc3-c3ccc4ccccc4c3)c3cccc4c3-c3ccccc3C4(C)C)cc21. The third-order valence-electron chi connectivity index (χ3n) is 10.9. The van der Waals surface area contributed by atoms with Gasteiger partial charge in [0.2, 0.25) is 0 Å². The average molecular weight is 604 g/mol. The molecule has 0 saturated carbocycles. The Kier molecular flexibility index (Phi) is 5.96. The third-order valence-corrected chi connectivity index (χ3v) is 10.9. The van der Waals surface area contributed by atoms with Crippen LogP contribution >= 0.6 is 0 Å². The largest absolute Gasteiger partial charge is 0.309 e. The second kappa shape index (κ2) is 10.0. The first kappa shape index (κ1) is 27.9. The van der Waals surface area contributed by atoms with Crippen LogP contribution in [-0.4, -0.2) is 0 Å². The van der Waals surface area contributed by atoms with Gasteiger partial charge in [-0.15, -0.1) is 0 Å². The fourth-order valence-corrected chi connectivity index (χ4v) is 8.43. The van der Waals surface area contributed by atoms with Gasteiger partial charge in [-0.25, -0.2) is 0 Å². The van der Waals surface area contributed by atoms with Gasteiger partial charge in [0.15, 0.2) is 0 Å². The minimum atomic E-state index is -0.0985. The third kappa shape index (κ3) is 4.02. The molecule has 7 aromatic carbocycles. The van der Waals surface area contributed by atoms with Gasteiger partial charge in [-0.2, -0.15) is 0 Å². The van der Waals surface area contributed by atoms with Crippen molar-refractivity contribution < 1.29 is 0 Å². The number of fused-ring (bicyclic) bond motifs is 7. The summed E-state index contributed by atoms with van der Waals surface area (Å²) in [6.07, 6.45) is 0. The van der Waals surface area contributed by atoms with E-state index in [1.165, 1.54) is 83.5 Å². The van der Waals surface area contributed by atoms with Crippen LogP contribution in [0.5, 0.6) is 0 Å². The van der Waals surface area contributed by atoms with Crippen LogP contribution in [0, 0.1) is 0 Å². The lowest BCUT2D eigenvalue weighted by Gasteiger charge is -2.32. The molecule has 0 spiro atoms. The molecule has 0 fully saturated rings. The number of benzene rings is 7. The van der Waals surface area contributed by atoms with E-state index in [1.807, 2.05) is 0 Å². The van der Waals surface area contributed by atoms with Gasteiger partial charge in [-0.05, 0) is 85.6 Å². The van der Waals surface area contributed by atoms with E-state index in [4.69, 9.17) is 0 Å². The molecule has 0 atom stereocenters. The van der Waals surface area contributed by atoms with Crippen molar-refractivity contribution in [1.82, 2.24) is 0 Å². The summed E-state index contributed by atoms with van der Waals surface area (Å²) in [7, 11) is 0. The molecule has 1 nitrogen and oxygen atoms in total. The summed E-state index contributed by atoms with van der Waals surface area (Å²) < 4.78 is 0. The molecule has 2 aliphatic carbocycles. The fourth-order valence-electron chi connectivity index (χ4n) is 8.43. The van der Waals surface area contributed by atoms with Gasteiger partial charge >= 0.3 is 0 Å². The minimum absolute atomic E-state index is 0.0902. The Morgan fingerprint density at radius 1 is 0.383 bits per heavy atom. The maximum atomic E-state index is 2.53. The molecule has 1 heteroatoms.